The maximum atomic E-state index is 12.1. The number of nitrogens with zero attached hydrogens (tertiary/aromatic N) is 1. The van der Waals surface area contributed by atoms with E-state index < -0.39 is 5.97 Å². The molecule has 0 spiro atoms. The first kappa shape index (κ1) is 14.4. The van der Waals surface area contributed by atoms with Crippen LogP contribution in [-0.2, 0) is 11.3 Å². The van der Waals surface area contributed by atoms with Crippen molar-refractivity contribution in [3.63, 3.8) is 0 Å². The summed E-state index contributed by atoms with van der Waals surface area (Å²) in [5, 5.41) is 12.1. The van der Waals surface area contributed by atoms with Gasteiger partial charge in [0.15, 0.2) is 0 Å². The highest BCUT2D eigenvalue weighted by atomic mass is 35.5. The average Bonchev–Trinajstić information content (AvgIpc) is 2.55. The number of phenols is 1. The van der Waals surface area contributed by atoms with Gasteiger partial charge in [0, 0.05) is 17.1 Å². The van der Waals surface area contributed by atoms with Gasteiger partial charge in [-0.05, 0) is 17.5 Å². The number of aromatic hydroxyl groups is 1. The fourth-order valence-corrected chi connectivity index (χ4v) is 2.25. The number of halogens is 1. The van der Waals surface area contributed by atoms with Gasteiger partial charge in [-0.25, -0.2) is 9.78 Å². The molecule has 0 radical (unpaired) electrons. The third-order valence-corrected chi connectivity index (χ3v) is 3.50. The normalized spacial score (nSPS) is 10.6. The van der Waals surface area contributed by atoms with Crippen molar-refractivity contribution in [2.24, 2.45) is 0 Å². The van der Waals surface area contributed by atoms with E-state index in [1.807, 2.05) is 12.1 Å². The summed E-state index contributed by atoms with van der Waals surface area (Å²) < 4.78 is 5.20. The van der Waals surface area contributed by atoms with Crippen LogP contribution in [0.4, 0.5) is 0 Å². The Labute approximate surface area is 131 Å². The van der Waals surface area contributed by atoms with Crippen LogP contribution >= 0.6 is 11.6 Å². The van der Waals surface area contributed by atoms with Gasteiger partial charge in [0.1, 0.15) is 23.1 Å². The first-order chi connectivity index (χ1) is 10.6. The molecular weight excluding hydrogens is 302 g/mol. The maximum Gasteiger partial charge on any atom is 0.342 e. The molecule has 1 aromatic heterocycles. The summed E-state index contributed by atoms with van der Waals surface area (Å²) in [5.41, 5.74) is 0.860. The van der Waals surface area contributed by atoms with Crippen molar-refractivity contribution < 1.29 is 14.6 Å². The summed E-state index contributed by atoms with van der Waals surface area (Å²) in [6, 6.07) is 14.0. The van der Waals surface area contributed by atoms with Crippen LogP contribution in [0.25, 0.3) is 10.8 Å². The first-order valence-corrected chi connectivity index (χ1v) is 7.01. The van der Waals surface area contributed by atoms with Gasteiger partial charge in [-0.2, -0.15) is 0 Å². The van der Waals surface area contributed by atoms with Gasteiger partial charge in [0.05, 0.1) is 0 Å². The summed E-state index contributed by atoms with van der Waals surface area (Å²) >= 11 is 5.69. The summed E-state index contributed by atoms with van der Waals surface area (Å²) in [4.78, 5) is 16.0. The lowest BCUT2D eigenvalue weighted by molar-refractivity contribution is 0.0469. The number of fused-ring (bicyclic) bond motifs is 1. The lowest BCUT2D eigenvalue weighted by atomic mass is 10.1. The first-order valence-electron chi connectivity index (χ1n) is 6.63. The Kier molecular flexibility index (Phi) is 3.94. The monoisotopic (exact) mass is 313 g/mol. The molecule has 1 N–H and O–H groups in total. The van der Waals surface area contributed by atoms with Crippen LogP contribution in [-0.4, -0.2) is 16.1 Å². The molecule has 5 heteroatoms. The lowest BCUT2D eigenvalue weighted by Crippen LogP contribution is -2.06. The zero-order chi connectivity index (χ0) is 15.5. The molecule has 3 aromatic rings. The van der Waals surface area contributed by atoms with Crippen LogP contribution in [0.5, 0.6) is 5.75 Å². The maximum absolute atomic E-state index is 12.1. The quantitative estimate of drug-likeness (QED) is 0.587. The van der Waals surface area contributed by atoms with Crippen LogP contribution in [0.3, 0.4) is 0 Å². The number of benzene rings is 2. The van der Waals surface area contributed by atoms with E-state index in [0.29, 0.717) is 10.5 Å². The summed E-state index contributed by atoms with van der Waals surface area (Å²) in [6.07, 6.45) is 1.54. The van der Waals surface area contributed by atoms with Crippen molar-refractivity contribution in [3.8, 4) is 5.75 Å². The van der Waals surface area contributed by atoms with Crippen molar-refractivity contribution >= 4 is 28.3 Å². The predicted octanol–water partition coefficient (Wildman–Crippen LogP) is 3.95. The second-order valence-corrected chi connectivity index (χ2v) is 5.14. The molecule has 0 aliphatic rings. The highest BCUT2D eigenvalue weighted by molar-refractivity contribution is 6.29. The van der Waals surface area contributed by atoms with E-state index in [4.69, 9.17) is 16.3 Å². The van der Waals surface area contributed by atoms with E-state index in [-0.39, 0.29) is 17.9 Å². The number of pyridine rings is 1. The lowest BCUT2D eigenvalue weighted by Gasteiger charge is -2.08. The number of ether oxygens (including phenoxy) is 1. The number of phenolic OH excluding ortho intramolecular Hbond substituents is 1. The smallest absolute Gasteiger partial charge is 0.342 e. The molecule has 0 atom stereocenters. The van der Waals surface area contributed by atoms with E-state index in [2.05, 4.69) is 4.98 Å². The van der Waals surface area contributed by atoms with Crippen LogP contribution in [0.2, 0.25) is 5.15 Å². The molecule has 3 rings (SSSR count). The van der Waals surface area contributed by atoms with Crippen LogP contribution in [0.1, 0.15) is 15.9 Å². The zero-order valence-electron chi connectivity index (χ0n) is 11.5. The molecule has 0 aliphatic carbocycles. The third-order valence-electron chi connectivity index (χ3n) is 3.28. The van der Waals surface area contributed by atoms with E-state index >= 15 is 0 Å². The molecule has 2 aromatic carbocycles. The van der Waals surface area contributed by atoms with Crippen LogP contribution in [0, 0.1) is 0 Å². The van der Waals surface area contributed by atoms with E-state index in [1.54, 1.807) is 36.4 Å². The van der Waals surface area contributed by atoms with Crippen molar-refractivity contribution in [2.45, 2.75) is 6.61 Å². The Hall–Kier alpha value is -2.59. The fourth-order valence-electron chi connectivity index (χ4n) is 2.14. The van der Waals surface area contributed by atoms with E-state index in [1.165, 1.54) is 6.20 Å². The Morgan fingerprint density at radius 3 is 2.73 bits per heavy atom. The topological polar surface area (TPSA) is 59.4 Å². The summed E-state index contributed by atoms with van der Waals surface area (Å²) in [7, 11) is 0. The summed E-state index contributed by atoms with van der Waals surface area (Å²) in [5.74, 6) is -0.657. The molecule has 0 unspecified atom stereocenters. The van der Waals surface area contributed by atoms with Crippen molar-refractivity contribution in [1.82, 2.24) is 4.98 Å². The van der Waals surface area contributed by atoms with Crippen LogP contribution < -0.4 is 0 Å². The molecule has 22 heavy (non-hydrogen) atoms. The molecule has 0 bridgehead atoms. The van der Waals surface area contributed by atoms with Gasteiger partial charge >= 0.3 is 5.97 Å². The van der Waals surface area contributed by atoms with Crippen molar-refractivity contribution in [2.75, 3.05) is 0 Å². The fraction of sp³-hybridized carbons (Fsp3) is 0.0588. The number of aromatic nitrogens is 1. The molecule has 110 valence electrons. The van der Waals surface area contributed by atoms with Gasteiger partial charge in [-0.1, -0.05) is 48.0 Å². The minimum absolute atomic E-state index is 0.0648. The van der Waals surface area contributed by atoms with Crippen molar-refractivity contribution in [3.05, 3.63) is 71.0 Å². The Morgan fingerprint density at radius 2 is 1.95 bits per heavy atom. The highest BCUT2D eigenvalue weighted by Crippen LogP contribution is 2.29. The van der Waals surface area contributed by atoms with Gasteiger partial charge in [-0.3, -0.25) is 0 Å². The zero-order valence-corrected chi connectivity index (χ0v) is 12.2. The number of hydrogen-bond donors (Lipinski definition) is 1. The molecule has 4 nitrogen and oxygen atoms in total. The molecular formula is C17H12ClNO3. The number of esters is 1. The summed E-state index contributed by atoms with van der Waals surface area (Å²) in [6.45, 7) is 0.0648. The second-order valence-electron chi connectivity index (χ2n) is 4.75. The number of hydrogen-bond acceptors (Lipinski definition) is 4. The molecule has 1 heterocycles. The SMILES string of the molecule is O=C(OCc1ccc(Cl)nc1)c1ccc2ccccc2c1O. The Morgan fingerprint density at radius 1 is 1.14 bits per heavy atom. The Balaban J connectivity index is 1.80. The number of carbonyl (C=O) groups excluding carboxylic acids is 1. The van der Waals surface area contributed by atoms with Gasteiger partial charge in [-0.15, -0.1) is 0 Å². The Bertz CT molecular complexity index is 831. The minimum atomic E-state index is -0.585. The number of rotatable bonds is 3. The molecule has 0 amide bonds. The average molecular weight is 314 g/mol. The molecule has 0 fully saturated rings. The van der Waals surface area contributed by atoms with Gasteiger partial charge in [0.2, 0.25) is 0 Å². The molecule has 0 saturated carbocycles. The largest absolute Gasteiger partial charge is 0.506 e. The number of carbonyl (C=O) groups is 1. The standard InChI is InChI=1S/C17H12ClNO3/c18-15-8-5-11(9-19-15)10-22-17(21)14-7-6-12-3-1-2-4-13(12)16(14)20/h1-9,20H,10H2. The highest BCUT2D eigenvalue weighted by Gasteiger charge is 2.15. The van der Waals surface area contributed by atoms with Gasteiger partial charge in [0.25, 0.3) is 0 Å². The molecule has 0 saturated heterocycles. The minimum Gasteiger partial charge on any atom is -0.506 e. The van der Waals surface area contributed by atoms with E-state index in [9.17, 15) is 9.90 Å². The van der Waals surface area contributed by atoms with Crippen molar-refractivity contribution in [1.29, 1.82) is 0 Å². The molecule has 0 aliphatic heterocycles. The van der Waals surface area contributed by atoms with Gasteiger partial charge < -0.3 is 9.84 Å². The van der Waals surface area contributed by atoms with E-state index in [0.717, 1.165) is 10.9 Å². The predicted molar refractivity (Wildman–Crippen MR) is 84.0 cm³/mol. The second kappa shape index (κ2) is 6.03. The third kappa shape index (κ3) is 2.87. The van der Waals surface area contributed by atoms with Crippen LogP contribution in [0.15, 0.2) is 54.7 Å².